The molecule has 4 saturated heterocycles. The van der Waals surface area contributed by atoms with Crippen LogP contribution >= 0.6 is 23.5 Å². The summed E-state index contributed by atoms with van der Waals surface area (Å²) in [7, 11) is 0. The molecule has 12 rings (SSSR count). The fourth-order valence-electron chi connectivity index (χ4n) is 16.4. The van der Waals surface area contributed by atoms with Crippen LogP contribution in [0.1, 0.15) is 139 Å². The van der Waals surface area contributed by atoms with Crippen molar-refractivity contribution in [1.82, 2.24) is 9.80 Å². The van der Waals surface area contributed by atoms with Gasteiger partial charge in [-0.15, -0.1) is 0 Å². The summed E-state index contributed by atoms with van der Waals surface area (Å²) in [5, 5.41) is 3.58. The predicted octanol–water partition coefficient (Wildman–Crippen LogP) is 11.2. The van der Waals surface area contributed by atoms with Gasteiger partial charge in [0.25, 0.3) is 0 Å². The topological polar surface area (TPSA) is 6.48 Å². The molecule has 52 heavy (non-hydrogen) atoms. The van der Waals surface area contributed by atoms with E-state index in [1.165, 1.54) is 89.9 Å². The van der Waals surface area contributed by atoms with E-state index >= 15 is 0 Å². The molecule has 18 atom stereocenters. The Balaban J connectivity index is 0.829. The van der Waals surface area contributed by atoms with Crippen molar-refractivity contribution in [3.05, 3.63) is 71.8 Å². The fourth-order valence-corrected chi connectivity index (χ4v) is 20.5. The van der Waals surface area contributed by atoms with E-state index in [0.717, 1.165) is 105 Å². The van der Waals surface area contributed by atoms with Crippen LogP contribution in [0.5, 0.6) is 0 Å². The molecule has 0 spiro atoms. The second-order valence-electron chi connectivity index (χ2n) is 20.1. The summed E-state index contributed by atoms with van der Waals surface area (Å²) < 4.78 is 0. The molecule has 18 unspecified atom stereocenters. The van der Waals surface area contributed by atoms with Crippen molar-refractivity contribution < 1.29 is 0 Å². The van der Waals surface area contributed by atoms with E-state index in [1.54, 1.807) is 36.8 Å². The largest absolute Gasteiger partial charge is 0.292 e. The summed E-state index contributed by atoms with van der Waals surface area (Å²) in [5.41, 5.74) is 3.31. The standard InChI is InChI=1S/C48H64N2S2/c1-3-11-29(12-4-1)33-25-37-35-23-31(19-21-39(35)49-41-15-7-9-17-43(41)51-45(27-33)47(37)49)32-20-22-40-36(24-32)38-26-34(30-13-5-2-6-14-30)28-46-48(38)50(40)42-16-8-10-18-44(42)52-46/h1-6,11-14,31-48H,7-10,15-28H2. The van der Waals surface area contributed by atoms with E-state index in [1.807, 2.05) is 0 Å². The van der Waals surface area contributed by atoms with Crippen LogP contribution in [0, 0.1) is 35.5 Å². The van der Waals surface area contributed by atoms with Gasteiger partial charge in [0, 0.05) is 57.3 Å². The Morgan fingerprint density at radius 1 is 0.385 bits per heavy atom. The number of nitrogens with zero attached hydrogens (tertiary/aromatic N) is 2. The minimum atomic E-state index is 0.783. The highest BCUT2D eigenvalue weighted by molar-refractivity contribution is 8.00. The molecule has 0 radical (unpaired) electrons. The van der Waals surface area contributed by atoms with Gasteiger partial charge >= 0.3 is 0 Å². The zero-order chi connectivity index (χ0) is 33.9. The average Bonchev–Trinajstić information content (AvgIpc) is 3.72. The highest BCUT2D eigenvalue weighted by Crippen LogP contribution is 2.64. The quantitative estimate of drug-likeness (QED) is 0.310. The first-order chi connectivity index (χ1) is 25.8. The van der Waals surface area contributed by atoms with Crippen molar-refractivity contribution in [2.75, 3.05) is 0 Å². The van der Waals surface area contributed by atoms with Crippen LogP contribution < -0.4 is 0 Å². The maximum absolute atomic E-state index is 3.31. The first-order valence-corrected chi connectivity index (χ1v) is 24.6. The Labute approximate surface area is 323 Å². The molecular weight excluding hydrogens is 669 g/mol. The minimum Gasteiger partial charge on any atom is -0.292 e. The maximum atomic E-state index is 3.31. The Morgan fingerprint density at radius 2 is 0.827 bits per heavy atom. The fraction of sp³-hybridized carbons (Fsp3) is 0.750. The lowest BCUT2D eigenvalue weighted by Crippen LogP contribution is -2.60. The third-order valence-electron chi connectivity index (χ3n) is 18.2. The van der Waals surface area contributed by atoms with Gasteiger partial charge in [0.2, 0.25) is 0 Å². The van der Waals surface area contributed by atoms with Gasteiger partial charge in [0.15, 0.2) is 0 Å². The number of fused-ring (bicyclic) bond motifs is 10. The highest BCUT2D eigenvalue weighted by Gasteiger charge is 2.63. The average molecular weight is 733 g/mol. The second kappa shape index (κ2) is 13.3. The van der Waals surface area contributed by atoms with Crippen LogP contribution in [0.2, 0.25) is 0 Å². The van der Waals surface area contributed by atoms with Crippen molar-refractivity contribution in [3.8, 4) is 0 Å². The summed E-state index contributed by atoms with van der Waals surface area (Å²) >= 11 is 5.01. The smallest absolute Gasteiger partial charge is 0.0253 e. The SMILES string of the molecule is c1ccc(C2CC3SC4CCCCC4N4C5CCC(C6CCC7C(C6)C6CC(c8ccccc8)CC8SC9CCCCC9N7C86)CC5C(C2)C34)cc1. The van der Waals surface area contributed by atoms with Gasteiger partial charge in [-0.25, -0.2) is 0 Å². The highest BCUT2D eigenvalue weighted by atomic mass is 32.2. The maximum Gasteiger partial charge on any atom is 0.0253 e. The molecule has 2 aromatic carbocycles. The Kier molecular flexibility index (Phi) is 8.52. The van der Waals surface area contributed by atoms with Gasteiger partial charge in [-0.05, 0) is 148 Å². The molecule has 6 aliphatic carbocycles. The number of thioether (sulfide) groups is 2. The molecule has 0 amide bonds. The van der Waals surface area contributed by atoms with E-state index in [4.69, 9.17) is 0 Å². The molecule has 10 fully saturated rings. The molecule has 2 aromatic rings. The van der Waals surface area contributed by atoms with Gasteiger partial charge in [-0.3, -0.25) is 9.80 Å². The number of rotatable bonds is 3. The van der Waals surface area contributed by atoms with Crippen LogP contribution in [-0.4, -0.2) is 67.1 Å². The van der Waals surface area contributed by atoms with Crippen molar-refractivity contribution in [2.24, 2.45) is 35.5 Å². The predicted molar refractivity (Wildman–Crippen MR) is 219 cm³/mol. The normalized spacial score (nSPS) is 50.9. The summed E-state index contributed by atoms with van der Waals surface area (Å²) in [5.74, 6) is 7.36. The lowest BCUT2D eigenvalue weighted by Gasteiger charge is -2.54. The molecule has 2 nitrogen and oxygen atoms in total. The van der Waals surface area contributed by atoms with Crippen molar-refractivity contribution in [1.29, 1.82) is 0 Å². The van der Waals surface area contributed by atoms with Crippen LogP contribution in [0.15, 0.2) is 60.7 Å². The van der Waals surface area contributed by atoms with Crippen LogP contribution in [0.25, 0.3) is 0 Å². The summed E-state index contributed by atoms with van der Waals surface area (Å²) in [6, 6.07) is 29.1. The Morgan fingerprint density at radius 3 is 1.29 bits per heavy atom. The third-order valence-corrected chi connectivity index (χ3v) is 21.6. The molecule has 0 N–H and O–H groups in total. The molecule has 6 saturated carbocycles. The zero-order valence-corrected chi connectivity index (χ0v) is 33.2. The molecule has 10 aliphatic rings. The summed E-state index contributed by atoms with van der Waals surface area (Å²) in [6.45, 7) is 0. The third kappa shape index (κ3) is 5.24. The molecule has 278 valence electrons. The first-order valence-electron chi connectivity index (χ1n) is 22.7. The van der Waals surface area contributed by atoms with Crippen LogP contribution in [0.4, 0.5) is 0 Å². The van der Waals surface area contributed by atoms with Gasteiger partial charge in [-0.2, -0.15) is 23.5 Å². The lowest BCUT2D eigenvalue weighted by atomic mass is 9.61. The van der Waals surface area contributed by atoms with E-state index in [0.29, 0.717) is 0 Å². The molecule has 4 heterocycles. The first kappa shape index (κ1) is 33.2. The summed E-state index contributed by atoms with van der Waals surface area (Å²) in [6.07, 6.45) is 27.1. The molecule has 0 bridgehead atoms. The van der Waals surface area contributed by atoms with E-state index in [-0.39, 0.29) is 0 Å². The van der Waals surface area contributed by atoms with E-state index in [2.05, 4.69) is 94.0 Å². The van der Waals surface area contributed by atoms with E-state index in [9.17, 15) is 0 Å². The number of benzene rings is 2. The van der Waals surface area contributed by atoms with Gasteiger partial charge in [0.1, 0.15) is 0 Å². The van der Waals surface area contributed by atoms with Gasteiger partial charge in [0.05, 0.1) is 0 Å². The van der Waals surface area contributed by atoms with Gasteiger partial charge in [-0.1, -0.05) is 86.3 Å². The minimum absolute atomic E-state index is 0.783. The van der Waals surface area contributed by atoms with Crippen molar-refractivity contribution in [2.45, 2.75) is 185 Å². The molecule has 4 heteroatoms. The van der Waals surface area contributed by atoms with E-state index < -0.39 is 0 Å². The Hall–Kier alpha value is -0.940. The zero-order valence-electron chi connectivity index (χ0n) is 31.6. The Bertz CT molecular complexity index is 1470. The second-order valence-corrected chi connectivity index (χ2v) is 23.1. The van der Waals surface area contributed by atoms with Crippen molar-refractivity contribution in [3.63, 3.8) is 0 Å². The van der Waals surface area contributed by atoms with Crippen molar-refractivity contribution >= 4 is 23.5 Å². The summed E-state index contributed by atoms with van der Waals surface area (Å²) in [4.78, 5) is 6.63. The number of hydrogen-bond acceptors (Lipinski definition) is 4. The van der Waals surface area contributed by atoms with Crippen LogP contribution in [-0.2, 0) is 0 Å². The monoisotopic (exact) mass is 732 g/mol. The number of hydrogen-bond donors (Lipinski definition) is 0. The molecular formula is C48H64N2S2. The lowest BCUT2D eigenvalue weighted by molar-refractivity contribution is 0.0300. The van der Waals surface area contributed by atoms with Crippen LogP contribution in [0.3, 0.4) is 0 Å². The van der Waals surface area contributed by atoms with Gasteiger partial charge < -0.3 is 0 Å². The molecule has 0 aromatic heterocycles. The molecule has 4 aliphatic heterocycles.